The molecule has 1 fully saturated rings. The molecule has 0 radical (unpaired) electrons. The number of phenolic OH excluding ortho intramolecular Hbond substituents is 2. The van der Waals surface area contributed by atoms with E-state index in [0.717, 1.165) is 12.1 Å². The van der Waals surface area contributed by atoms with Crippen molar-refractivity contribution < 1.29 is 68.4 Å². The lowest BCUT2D eigenvalue weighted by Gasteiger charge is -2.55. The number of ether oxygens (including phenoxy) is 4. The topological polar surface area (TPSA) is 240 Å². The van der Waals surface area contributed by atoms with Crippen molar-refractivity contribution in [2.75, 3.05) is 6.61 Å². The molecule has 0 spiro atoms. The van der Waals surface area contributed by atoms with Crippen LogP contribution in [0.5, 0.6) is 28.7 Å². The van der Waals surface area contributed by atoms with E-state index in [1.807, 2.05) is 0 Å². The Balaban J connectivity index is 1.47. The van der Waals surface area contributed by atoms with Crippen LogP contribution in [0, 0.1) is 5.92 Å². The highest BCUT2D eigenvalue weighted by molar-refractivity contribution is 6.10. The van der Waals surface area contributed by atoms with Gasteiger partial charge in [-0.15, -0.1) is 0 Å². The van der Waals surface area contributed by atoms with Crippen LogP contribution in [0.2, 0.25) is 0 Å². The summed E-state index contributed by atoms with van der Waals surface area (Å²) in [4.78, 5) is 52.2. The first-order valence-corrected chi connectivity index (χ1v) is 12.7. The van der Waals surface area contributed by atoms with Gasteiger partial charge in [0.05, 0.1) is 28.5 Å². The Bertz CT molecular complexity index is 1970. The number of aromatic carboxylic acids is 2. The number of benzene rings is 2. The summed E-state index contributed by atoms with van der Waals surface area (Å²) in [6.07, 6.45) is -1.69. The molecule has 0 saturated carbocycles. The number of hydrogen-bond donors (Lipinski definition) is 6. The average Bonchev–Trinajstić information content (AvgIpc) is 2.89. The molecule has 5 heterocycles. The van der Waals surface area contributed by atoms with Gasteiger partial charge in [0.2, 0.25) is 5.79 Å². The van der Waals surface area contributed by atoms with Crippen LogP contribution in [0.3, 0.4) is 0 Å². The molecule has 2 bridgehead atoms. The van der Waals surface area contributed by atoms with E-state index in [1.165, 1.54) is 13.8 Å². The summed E-state index contributed by atoms with van der Waals surface area (Å²) in [5.41, 5.74) is -3.68. The third-order valence-electron chi connectivity index (χ3n) is 8.11. The predicted octanol–water partition coefficient (Wildman–Crippen LogP) is 2.11. The molecule has 0 unspecified atom stereocenters. The van der Waals surface area contributed by atoms with Gasteiger partial charge in [-0.3, -0.25) is 9.59 Å². The van der Waals surface area contributed by atoms with Crippen LogP contribution >= 0.6 is 0 Å². The molecular weight excluding hydrogens is 576 g/mol. The molecule has 4 atom stereocenters. The van der Waals surface area contributed by atoms with Crippen LogP contribution in [0.15, 0.2) is 26.9 Å². The summed E-state index contributed by atoms with van der Waals surface area (Å²) in [7, 11) is 0. The summed E-state index contributed by atoms with van der Waals surface area (Å²) in [6, 6.07) is 1.87. The molecule has 222 valence electrons. The Hall–Kier alpha value is -5.28. The van der Waals surface area contributed by atoms with Crippen molar-refractivity contribution in [3.05, 3.63) is 55.9 Å². The van der Waals surface area contributed by atoms with Gasteiger partial charge in [0.25, 0.3) is 0 Å². The number of carbonyl (C=O) groups excluding carboxylic acids is 1. The number of hydrogen-bond acceptors (Lipinski definition) is 13. The van der Waals surface area contributed by atoms with E-state index in [-0.39, 0.29) is 46.0 Å². The zero-order valence-electron chi connectivity index (χ0n) is 22.1. The molecular formula is C28H20O15. The van der Waals surface area contributed by atoms with Crippen molar-refractivity contribution >= 4 is 34.5 Å². The molecule has 6 N–H and O–H groups in total. The van der Waals surface area contributed by atoms with Crippen molar-refractivity contribution in [2.45, 2.75) is 37.9 Å². The first-order chi connectivity index (χ1) is 20.2. The van der Waals surface area contributed by atoms with Crippen molar-refractivity contribution in [3.8, 4) is 28.7 Å². The quantitative estimate of drug-likeness (QED) is 0.232. The fourth-order valence-electron chi connectivity index (χ4n) is 6.43. The van der Waals surface area contributed by atoms with Gasteiger partial charge in [-0.1, -0.05) is 0 Å². The van der Waals surface area contributed by atoms with Crippen LogP contribution in [-0.4, -0.2) is 66.5 Å². The average molecular weight is 596 g/mol. The summed E-state index contributed by atoms with van der Waals surface area (Å²) in [6.45, 7) is 2.41. The second-order valence-electron chi connectivity index (χ2n) is 10.9. The largest absolute Gasteiger partial charge is 0.504 e. The smallest absolute Gasteiger partial charge is 0.340 e. The van der Waals surface area contributed by atoms with Crippen LogP contribution in [0.4, 0.5) is 0 Å². The normalized spacial score (nSPS) is 26.9. The first-order valence-electron chi connectivity index (χ1n) is 12.7. The van der Waals surface area contributed by atoms with Crippen LogP contribution in [-0.2, 0) is 25.4 Å². The number of carboxylic acid groups (broad SMARTS) is 2. The molecule has 4 aliphatic heterocycles. The van der Waals surface area contributed by atoms with Crippen molar-refractivity contribution in [1.29, 1.82) is 0 Å². The molecule has 3 aromatic rings. The van der Waals surface area contributed by atoms with Crippen LogP contribution in [0.1, 0.15) is 57.6 Å². The van der Waals surface area contributed by atoms with Gasteiger partial charge in [0, 0.05) is 19.1 Å². The molecule has 43 heavy (non-hydrogen) atoms. The van der Waals surface area contributed by atoms with Gasteiger partial charge in [0.15, 0.2) is 40.0 Å². The highest BCUT2D eigenvalue weighted by Crippen LogP contribution is 2.57. The second-order valence-corrected chi connectivity index (χ2v) is 10.9. The van der Waals surface area contributed by atoms with E-state index in [4.69, 9.17) is 23.4 Å². The number of ketones is 1. The zero-order valence-corrected chi connectivity index (χ0v) is 22.1. The molecule has 1 aromatic heterocycles. The number of rotatable bonds is 2. The number of carbonyl (C=O) groups is 3. The van der Waals surface area contributed by atoms with E-state index < -0.39 is 92.9 Å². The minimum Gasteiger partial charge on any atom is -0.504 e. The van der Waals surface area contributed by atoms with E-state index in [0.29, 0.717) is 0 Å². The number of aromatic hydroxyl groups is 4. The molecule has 15 nitrogen and oxygen atoms in total. The van der Waals surface area contributed by atoms with Gasteiger partial charge >= 0.3 is 11.9 Å². The monoisotopic (exact) mass is 596 g/mol. The van der Waals surface area contributed by atoms with Gasteiger partial charge in [-0.25, -0.2) is 9.59 Å². The SMILES string of the molecule is C[C@@]12Cc3oc4cc(O)c(O)c(C(=O)O)c4c(=O)c3[C@@H](O1)[C@H]1C(=O)C3=C(O[C@@]1(C)O2)c1c(cc(O)c(O)c1C(=O)O)OC3. The highest BCUT2D eigenvalue weighted by Gasteiger charge is 2.64. The Morgan fingerprint density at radius 2 is 1.60 bits per heavy atom. The fourth-order valence-corrected chi connectivity index (χ4v) is 6.43. The van der Waals surface area contributed by atoms with Crippen LogP contribution < -0.4 is 10.2 Å². The van der Waals surface area contributed by atoms with Gasteiger partial charge in [-0.2, -0.15) is 0 Å². The molecule has 0 aliphatic carbocycles. The molecule has 1 saturated heterocycles. The second kappa shape index (κ2) is 8.17. The maximum absolute atomic E-state index is 14.2. The molecule has 4 aliphatic rings. The zero-order chi connectivity index (χ0) is 30.9. The van der Waals surface area contributed by atoms with Crippen molar-refractivity contribution in [3.63, 3.8) is 0 Å². The molecule has 0 amide bonds. The minimum atomic E-state index is -1.92. The number of Topliss-reactive ketones (excluding diaryl/α,β-unsaturated/α-hetero) is 1. The van der Waals surface area contributed by atoms with Gasteiger partial charge in [0.1, 0.15) is 52.6 Å². The van der Waals surface area contributed by atoms with Crippen LogP contribution in [0.25, 0.3) is 16.7 Å². The standard InChI is InChI=1S/C28H20O15/c1-27-5-12-15(22(34)13-11(40-12)4-9(30)20(32)16(13)25(35)36)24(41-27)18-19(31)7-6-39-10-3-8(29)21(33)17(26(37)38)14(10)23(7)42-28(18,2)43-27/h3-4,18,24,29-30,32-33H,5-6H2,1-2H3,(H,35,36)(H,37,38)/t18-,24-,27-,28+/m1/s1. The minimum absolute atomic E-state index is 0.0221. The summed E-state index contributed by atoms with van der Waals surface area (Å²) < 4.78 is 30.0. The molecule has 15 heteroatoms. The van der Waals surface area contributed by atoms with E-state index >= 15 is 0 Å². The van der Waals surface area contributed by atoms with E-state index in [2.05, 4.69) is 0 Å². The Kier molecular flexibility index (Phi) is 5.06. The van der Waals surface area contributed by atoms with E-state index in [1.54, 1.807) is 0 Å². The number of fused-ring (bicyclic) bond motifs is 9. The third kappa shape index (κ3) is 3.36. The third-order valence-corrected chi connectivity index (χ3v) is 8.11. The van der Waals surface area contributed by atoms with Crippen molar-refractivity contribution in [2.24, 2.45) is 5.92 Å². The van der Waals surface area contributed by atoms with E-state index in [9.17, 15) is 49.8 Å². The van der Waals surface area contributed by atoms with Gasteiger partial charge in [-0.05, 0) is 6.92 Å². The summed E-state index contributed by atoms with van der Waals surface area (Å²) in [5.74, 6) is -13.2. The molecule has 7 rings (SSSR count). The Labute approximate surface area is 238 Å². The highest BCUT2D eigenvalue weighted by atomic mass is 16.8. The first kappa shape index (κ1) is 26.6. The lowest BCUT2D eigenvalue weighted by atomic mass is 9.75. The predicted molar refractivity (Wildman–Crippen MR) is 137 cm³/mol. The number of carboxylic acids is 2. The fraction of sp³-hybridized carbons (Fsp3) is 0.286. The Morgan fingerprint density at radius 1 is 0.953 bits per heavy atom. The lowest BCUT2D eigenvalue weighted by molar-refractivity contribution is -0.413. The van der Waals surface area contributed by atoms with Crippen molar-refractivity contribution in [1.82, 2.24) is 0 Å². The molecule has 2 aromatic carbocycles. The maximum atomic E-state index is 14.2. The maximum Gasteiger partial charge on any atom is 0.340 e. The number of phenols is 4. The lowest BCUT2D eigenvalue weighted by Crippen LogP contribution is -2.64. The Morgan fingerprint density at radius 3 is 2.28 bits per heavy atom. The van der Waals surface area contributed by atoms with Gasteiger partial charge < -0.3 is 54.0 Å². The summed E-state index contributed by atoms with van der Waals surface area (Å²) in [5, 5.41) is 59.7. The summed E-state index contributed by atoms with van der Waals surface area (Å²) >= 11 is 0.